The number of ether oxygens (including phenoxy) is 2. The zero-order valence-corrected chi connectivity index (χ0v) is 15.6. The van der Waals surface area contributed by atoms with Crippen LogP contribution in [0.25, 0.3) is 0 Å². The van der Waals surface area contributed by atoms with Crippen LogP contribution in [0.15, 0.2) is 50.0 Å². The third-order valence-corrected chi connectivity index (χ3v) is 6.65. The maximum Gasteiger partial charge on any atom is 0.121 e. The molecule has 0 spiro atoms. The molecule has 4 nitrogen and oxygen atoms in total. The van der Waals surface area contributed by atoms with Gasteiger partial charge in [-0.25, -0.2) is 0 Å². The second-order valence-corrected chi connectivity index (χ2v) is 8.11. The third kappa shape index (κ3) is 3.24. The van der Waals surface area contributed by atoms with Gasteiger partial charge in [-0.1, -0.05) is 29.1 Å². The lowest BCUT2D eigenvalue weighted by Crippen LogP contribution is -2.35. The van der Waals surface area contributed by atoms with Crippen molar-refractivity contribution >= 4 is 28.8 Å². The van der Waals surface area contributed by atoms with E-state index in [1.165, 1.54) is 9.77 Å². The third-order valence-electron chi connectivity index (χ3n) is 4.57. The fourth-order valence-electron chi connectivity index (χ4n) is 3.02. The molecule has 0 aliphatic carbocycles. The highest BCUT2D eigenvalue weighted by Gasteiger charge is 2.44. The van der Waals surface area contributed by atoms with Crippen LogP contribution in [0.5, 0.6) is 0 Å². The Balaban J connectivity index is 1.77. The predicted octanol–water partition coefficient (Wildman–Crippen LogP) is 4.75. The first-order chi connectivity index (χ1) is 11.6. The van der Waals surface area contributed by atoms with E-state index in [0.29, 0.717) is 5.71 Å². The number of rotatable bonds is 5. The van der Waals surface area contributed by atoms with Crippen LogP contribution in [0.1, 0.15) is 31.4 Å². The molecular weight excluding hydrogens is 342 g/mol. The Bertz CT molecular complexity index is 726. The van der Waals surface area contributed by atoms with Gasteiger partial charge in [0.2, 0.25) is 0 Å². The van der Waals surface area contributed by atoms with Gasteiger partial charge in [0.05, 0.1) is 22.6 Å². The minimum atomic E-state index is -0.326. The molecule has 1 fully saturated rings. The Kier molecular flexibility index (Phi) is 5.30. The van der Waals surface area contributed by atoms with E-state index in [9.17, 15) is 0 Å². The minimum Gasteiger partial charge on any atom is -0.411 e. The molecule has 1 N–H and O–H groups in total. The molecule has 2 heterocycles. The van der Waals surface area contributed by atoms with Crippen LogP contribution >= 0.6 is 23.1 Å². The molecule has 3 rings (SSSR count). The topological polar surface area (TPSA) is 51.0 Å². The van der Waals surface area contributed by atoms with E-state index in [1.54, 1.807) is 37.1 Å². The van der Waals surface area contributed by atoms with E-state index in [-0.39, 0.29) is 11.7 Å². The number of methoxy groups -OCH3 is 1. The van der Waals surface area contributed by atoms with Gasteiger partial charge >= 0.3 is 0 Å². The second kappa shape index (κ2) is 7.27. The Hall–Kier alpha value is -1.34. The van der Waals surface area contributed by atoms with Crippen LogP contribution < -0.4 is 0 Å². The number of oxime groups is 1. The summed E-state index contributed by atoms with van der Waals surface area (Å²) >= 11 is 3.45. The van der Waals surface area contributed by atoms with Crippen LogP contribution in [-0.2, 0) is 15.1 Å². The summed E-state index contributed by atoms with van der Waals surface area (Å²) in [6.45, 7) is 4.59. The lowest BCUT2D eigenvalue weighted by atomic mass is 9.90. The Morgan fingerprint density at radius 2 is 2.17 bits per heavy atom. The summed E-state index contributed by atoms with van der Waals surface area (Å²) in [6.07, 6.45) is 0.954. The standard InChI is InChI=1S/C18H21NO3S2/c1-12(19-20)14-4-6-16(7-5-14)24-17-10-15(11-23-17)18(21-3)8-9-22-13(18)2/h4-7,10-11,13,20H,8-9H2,1-3H3/b19-12+. The molecule has 0 bridgehead atoms. The van der Waals surface area contributed by atoms with Crippen LogP contribution in [0, 0.1) is 0 Å². The second-order valence-electron chi connectivity index (χ2n) is 5.82. The van der Waals surface area contributed by atoms with Gasteiger partial charge in [0.25, 0.3) is 0 Å². The number of benzene rings is 1. The maximum absolute atomic E-state index is 8.83. The molecule has 2 aromatic rings. The Labute approximate surface area is 150 Å². The smallest absolute Gasteiger partial charge is 0.121 e. The average Bonchev–Trinajstić information content (AvgIpc) is 3.22. The van der Waals surface area contributed by atoms with Crippen molar-refractivity contribution in [1.82, 2.24) is 0 Å². The predicted molar refractivity (Wildman–Crippen MR) is 97.6 cm³/mol. The highest BCUT2D eigenvalue weighted by atomic mass is 32.2. The first kappa shape index (κ1) is 17.5. The maximum atomic E-state index is 8.83. The van der Waals surface area contributed by atoms with Gasteiger partial charge in [0.1, 0.15) is 5.60 Å². The van der Waals surface area contributed by atoms with Crippen LogP contribution in [0.2, 0.25) is 0 Å². The first-order valence-electron chi connectivity index (χ1n) is 7.82. The molecule has 24 heavy (non-hydrogen) atoms. The molecule has 1 saturated heterocycles. The summed E-state index contributed by atoms with van der Waals surface area (Å²) in [5.41, 5.74) is 2.40. The van der Waals surface area contributed by atoms with Crippen LogP contribution in [-0.4, -0.2) is 30.7 Å². The van der Waals surface area contributed by atoms with E-state index in [4.69, 9.17) is 14.7 Å². The van der Waals surface area contributed by atoms with Crippen molar-refractivity contribution in [1.29, 1.82) is 0 Å². The van der Waals surface area contributed by atoms with Gasteiger partial charge in [-0.3, -0.25) is 0 Å². The molecule has 1 aromatic heterocycles. The molecule has 2 atom stereocenters. The Morgan fingerprint density at radius 3 is 2.75 bits per heavy atom. The monoisotopic (exact) mass is 363 g/mol. The SMILES string of the molecule is COC1(c2csc(Sc3ccc(/C(C)=N/O)cc3)c2)CCOC1C. The van der Waals surface area contributed by atoms with Crippen LogP contribution in [0.4, 0.5) is 0 Å². The van der Waals surface area contributed by atoms with Crippen molar-refractivity contribution in [2.24, 2.45) is 5.16 Å². The normalized spacial score (nSPS) is 24.5. The lowest BCUT2D eigenvalue weighted by molar-refractivity contribution is -0.0645. The van der Waals surface area contributed by atoms with Gasteiger partial charge in [0.15, 0.2) is 0 Å². The van der Waals surface area contributed by atoms with Crippen LogP contribution in [0.3, 0.4) is 0 Å². The number of nitrogens with zero attached hydrogens (tertiary/aromatic N) is 1. The summed E-state index contributed by atoms with van der Waals surface area (Å²) in [5.74, 6) is 0. The number of thiophene rings is 1. The molecule has 0 amide bonds. The molecule has 1 aliphatic heterocycles. The van der Waals surface area contributed by atoms with Gasteiger partial charge in [-0.2, -0.15) is 0 Å². The van der Waals surface area contributed by atoms with Gasteiger partial charge < -0.3 is 14.7 Å². The highest BCUT2D eigenvalue weighted by Crippen LogP contribution is 2.43. The summed E-state index contributed by atoms with van der Waals surface area (Å²) < 4.78 is 12.8. The molecule has 6 heteroatoms. The molecule has 1 aromatic carbocycles. The fourth-order valence-corrected chi connectivity index (χ4v) is 5.04. The lowest BCUT2D eigenvalue weighted by Gasteiger charge is -2.30. The summed E-state index contributed by atoms with van der Waals surface area (Å²) in [6, 6.07) is 10.2. The minimum absolute atomic E-state index is 0.0648. The van der Waals surface area contributed by atoms with Crippen molar-refractivity contribution in [2.75, 3.05) is 13.7 Å². The quantitative estimate of drug-likeness (QED) is 0.473. The van der Waals surface area contributed by atoms with Crippen molar-refractivity contribution in [3.05, 3.63) is 46.8 Å². The van der Waals surface area contributed by atoms with E-state index in [2.05, 4.69) is 23.5 Å². The van der Waals surface area contributed by atoms with Gasteiger partial charge in [0, 0.05) is 18.4 Å². The van der Waals surface area contributed by atoms with E-state index >= 15 is 0 Å². The Morgan fingerprint density at radius 1 is 1.42 bits per heavy atom. The average molecular weight is 364 g/mol. The summed E-state index contributed by atoms with van der Waals surface area (Å²) in [5, 5.41) is 14.2. The fraction of sp³-hybridized carbons (Fsp3) is 0.389. The van der Waals surface area contributed by atoms with E-state index in [1.807, 2.05) is 24.3 Å². The highest BCUT2D eigenvalue weighted by molar-refractivity contribution is 8.01. The first-order valence-corrected chi connectivity index (χ1v) is 9.51. The van der Waals surface area contributed by atoms with E-state index < -0.39 is 0 Å². The zero-order valence-electron chi connectivity index (χ0n) is 14.0. The van der Waals surface area contributed by atoms with Crippen molar-refractivity contribution in [3.63, 3.8) is 0 Å². The molecule has 2 unspecified atom stereocenters. The van der Waals surface area contributed by atoms with Crippen molar-refractivity contribution in [2.45, 2.75) is 41.1 Å². The molecule has 0 radical (unpaired) electrons. The van der Waals surface area contributed by atoms with Gasteiger partial charge in [-0.05, 0) is 48.6 Å². The summed E-state index contributed by atoms with van der Waals surface area (Å²) in [4.78, 5) is 1.15. The largest absolute Gasteiger partial charge is 0.411 e. The molecule has 128 valence electrons. The van der Waals surface area contributed by atoms with Crippen molar-refractivity contribution in [3.8, 4) is 0 Å². The van der Waals surface area contributed by atoms with Gasteiger partial charge in [-0.15, -0.1) is 11.3 Å². The number of hydrogen-bond acceptors (Lipinski definition) is 6. The number of hydrogen-bond donors (Lipinski definition) is 1. The van der Waals surface area contributed by atoms with E-state index in [0.717, 1.165) is 23.5 Å². The summed E-state index contributed by atoms with van der Waals surface area (Å²) in [7, 11) is 1.76. The molecule has 0 saturated carbocycles. The van der Waals surface area contributed by atoms with Crippen molar-refractivity contribution < 1.29 is 14.7 Å². The molecular formula is C18H21NO3S2. The zero-order chi connectivity index (χ0) is 17.2. The molecule has 1 aliphatic rings.